The molecule has 2 nitrogen and oxygen atoms in total. The molecule has 1 saturated heterocycles. The molecule has 3 heteroatoms. The maximum absolute atomic E-state index is 5.26. The molecular formula is C11H17NOS. The molecule has 1 atom stereocenters. The third-order valence-corrected chi connectivity index (χ3v) is 3.92. The molecule has 1 aliphatic heterocycles. The van der Waals surface area contributed by atoms with Gasteiger partial charge < -0.3 is 9.73 Å². The Morgan fingerprint density at radius 3 is 3.21 bits per heavy atom. The van der Waals surface area contributed by atoms with Crippen LogP contribution in [0.15, 0.2) is 16.7 Å². The summed E-state index contributed by atoms with van der Waals surface area (Å²) in [5, 5.41) is 3.58. The van der Waals surface area contributed by atoms with Gasteiger partial charge in [0, 0.05) is 23.9 Å². The molecule has 1 fully saturated rings. The molecule has 0 bridgehead atoms. The summed E-state index contributed by atoms with van der Waals surface area (Å²) >= 11 is 2.06. The van der Waals surface area contributed by atoms with E-state index in [1.807, 2.05) is 6.92 Å². The number of thioether (sulfide) groups is 1. The van der Waals surface area contributed by atoms with Crippen LogP contribution in [0.3, 0.4) is 0 Å². The summed E-state index contributed by atoms with van der Waals surface area (Å²) in [6.07, 6.45) is 4.44. The maximum atomic E-state index is 5.26. The Balaban J connectivity index is 1.79. The Morgan fingerprint density at radius 1 is 1.64 bits per heavy atom. The van der Waals surface area contributed by atoms with Crippen molar-refractivity contribution in [2.24, 2.45) is 0 Å². The van der Waals surface area contributed by atoms with Gasteiger partial charge in [-0.3, -0.25) is 0 Å². The number of hydrogen-bond donors (Lipinski definition) is 1. The van der Waals surface area contributed by atoms with Gasteiger partial charge in [-0.05, 0) is 31.6 Å². The van der Waals surface area contributed by atoms with Gasteiger partial charge in [0.25, 0.3) is 0 Å². The molecule has 2 heterocycles. The summed E-state index contributed by atoms with van der Waals surface area (Å²) in [7, 11) is 0. The number of hydrogen-bond acceptors (Lipinski definition) is 3. The van der Waals surface area contributed by atoms with Gasteiger partial charge in [-0.1, -0.05) is 0 Å². The Hall–Kier alpha value is -0.410. The molecule has 1 aromatic heterocycles. The van der Waals surface area contributed by atoms with Crippen LogP contribution in [-0.2, 0) is 6.54 Å². The molecule has 0 saturated carbocycles. The van der Waals surface area contributed by atoms with E-state index in [-0.39, 0.29) is 0 Å². The van der Waals surface area contributed by atoms with Gasteiger partial charge >= 0.3 is 0 Å². The molecule has 0 aliphatic carbocycles. The van der Waals surface area contributed by atoms with Gasteiger partial charge in [-0.15, -0.1) is 0 Å². The molecule has 1 unspecified atom stereocenters. The van der Waals surface area contributed by atoms with Crippen LogP contribution in [0, 0.1) is 6.92 Å². The van der Waals surface area contributed by atoms with E-state index in [0.717, 1.165) is 12.3 Å². The van der Waals surface area contributed by atoms with Gasteiger partial charge in [0.2, 0.25) is 0 Å². The van der Waals surface area contributed by atoms with E-state index < -0.39 is 0 Å². The van der Waals surface area contributed by atoms with E-state index in [4.69, 9.17) is 4.42 Å². The molecule has 1 N–H and O–H groups in total. The van der Waals surface area contributed by atoms with Crippen molar-refractivity contribution in [2.45, 2.75) is 32.4 Å². The van der Waals surface area contributed by atoms with Gasteiger partial charge in [0.15, 0.2) is 0 Å². The zero-order valence-electron chi connectivity index (χ0n) is 8.58. The van der Waals surface area contributed by atoms with Crippen molar-refractivity contribution in [1.82, 2.24) is 5.32 Å². The van der Waals surface area contributed by atoms with Gasteiger partial charge in [0.1, 0.15) is 5.76 Å². The second-order valence-electron chi connectivity index (χ2n) is 3.80. The van der Waals surface area contributed by atoms with Crippen LogP contribution < -0.4 is 5.32 Å². The first-order chi connectivity index (χ1) is 6.86. The zero-order valence-corrected chi connectivity index (χ0v) is 9.40. The number of nitrogens with one attached hydrogen (secondary N) is 1. The third-order valence-electron chi connectivity index (χ3n) is 2.71. The highest BCUT2D eigenvalue weighted by molar-refractivity contribution is 7.99. The van der Waals surface area contributed by atoms with Crippen molar-refractivity contribution in [3.63, 3.8) is 0 Å². The van der Waals surface area contributed by atoms with Gasteiger partial charge in [0.05, 0.1) is 6.26 Å². The summed E-state index contributed by atoms with van der Waals surface area (Å²) in [5.41, 5.74) is 1.29. The van der Waals surface area contributed by atoms with Crippen LogP contribution in [0.2, 0.25) is 0 Å². The van der Waals surface area contributed by atoms with Crippen LogP contribution in [0.25, 0.3) is 0 Å². The fourth-order valence-corrected chi connectivity index (χ4v) is 2.86. The molecule has 0 aromatic carbocycles. The number of rotatable bonds is 3. The Bertz CT molecular complexity index is 279. The normalized spacial score (nSPS) is 22.5. The molecular weight excluding hydrogens is 194 g/mol. The lowest BCUT2D eigenvalue weighted by Crippen LogP contribution is -2.33. The van der Waals surface area contributed by atoms with E-state index in [1.54, 1.807) is 6.26 Å². The predicted octanol–water partition coefficient (Wildman–Crippen LogP) is 2.57. The minimum atomic E-state index is 0.697. The molecule has 1 aliphatic rings. The zero-order chi connectivity index (χ0) is 9.80. The quantitative estimate of drug-likeness (QED) is 0.832. The second kappa shape index (κ2) is 4.89. The van der Waals surface area contributed by atoms with Crippen molar-refractivity contribution < 1.29 is 4.42 Å². The molecule has 1 aromatic rings. The number of aryl methyl sites for hydroxylation is 1. The smallest absolute Gasteiger partial charge is 0.105 e. The summed E-state index contributed by atoms with van der Waals surface area (Å²) in [4.78, 5) is 0. The Kier molecular flexibility index (Phi) is 3.54. The molecule has 0 spiro atoms. The van der Waals surface area contributed by atoms with Crippen molar-refractivity contribution in [1.29, 1.82) is 0 Å². The van der Waals surface area contributed by atoms with E-state index in [1.165, 1.54) is 29.9 Å². The van der Waals surface area contributed by atoms with E-state index in [0.29, 0.717) is 6.04 Å². The highest BCUT2D eigenvalue weighted by atomic mass is 32.2. The van der Waals surface area contributed by atoms with Crippen LogP contribution in [-0.4, -0.2) is 17.5 Å². The third kappa shape index (κ3) is 2.55. The lowest BCUT2D eigenvalue weighted by Gasteiger charge is -2.22. The topological polar surface area (TPSA) is 25.2 Å². The van der Waals surface area contributed by atoms with Crippen molar-refractivity contribution in [3.05, 3.63) is 23.7 Å². The monoisotopic (exact) mass is 211 g/mol. The number of furan rings is 1. The second-order valence-corrected chi connectivity index (χ2v) is 4.95. The highest BCUT2D eigenvalue weighted by Crippen LogP contribution is 2.17. The van der Waals surface area contributed by atoms with Crippen molar-refractivity contribution in [2.75, 3.05) is 11.5 Å². The summed E-state index contributed by atoms with van der Waals surface area (Å²) < 4.78 is 5.26. The fraction of sp³-hybridized carbons (Fsp3) is 0.636. The van der Waals surface area contributed by atoms with E-state index in [9.17, 15) is 0 Å². The lowest BCUT2D eigenvalue weighted by molar-refractivity contribution is 0.494. The fourth-order valence-electron chi connectivity index (χ4n) is 1.75. The van der Waals surface area contributed by atoms with Crippen LogP contribution in [0.4, 0.5) is 0 Å². The van der Waals surface area contributed by atoms with Crippen molar-refractivity contribution in [3.8, 4) is 0 Å². The summed E-state index contributed by atoms with van der Waals surface area (Å²) in [6, 6.07) is 2.75. The molecule has 78 valence electrons. The first kappa shape index (κ1) is 10.1. The lowest BCUT2D eigenvalue weighted by atomic mass is 10.1. The molecule has 14 heavy (non-hydrogen) atoms. The average molecular weight is 211 g/mol. The van der Waals surface area contributed by atoms with Gasteiger partial charge in [-0.2, -0.15) is 11.8 Å². The predicted molar refractivity (Wildman–Crippen MR) is 60.6 cm³/mol. The highest BCUT2D eigenvalue weighted by Gasteiger charge is 2.13. The van der Waals surface area contributed by atoms with E-state index in [2.05, 4.69) is 23.1 Å². The first-order valence-electron chi connectivity index (χ1n) is 5.20. The molecule has 0 amide bonds. The minimum absolute atomic E-state index is 0.697. The van der Waals surface area contributed by atoms with Crippen LogP contribution in [0.1, 0.15) is 24.2 Å². The SMILES string of the molecule is Cc1occc1CNC1CCCSC1. The average Bonchev–Trinajstić information content (AvgIpc) is 2.63. The van der Waals surface area contributed by atoms with E-state index >= 15 is 0 Å². The van der Waals surface area contributed by atoms with Crippen LogP contribution in [0.5, 0.6) is 0 Å². The first-order valence-corrected chi connectivity index (χ1v) is 6.36. The Labute approximate surface area is 89.4 Å². The van der Waals surface area contributed by atoms with Crippen LogP contribution >= 0.6 is 11.8 Å². The molecule has 0 radical (unpaired) electrons. The largest absolute Gasteiger partial charge is 0.469 e. The van der Waals surface area contributed by atoms with Crippen molar-refractivity contribution >= 4 is 11.8 Å². The Morgan fingerprint density at radius 2 is 2.57 bits per heavy atom. The summed E-state index contributed by atoms with van der Waals surface area (Å²) in [5.74, 6) is 3.64. The molecule has 2 rings (SSSR count). The summed E-state index contributed by atoms with van der Waals surface area (Å²) in [6.45, 7) is 2.97. The van der Waals surface area contributed by atoms with Gasteiger partial charge in [-0.25, -0.2) is 0 Å². The standard InChI is InChI=1S/C11H17NOS/c1-9-10(4-5-13-9)7-12-11-3-2-6-14-8-11/h4-5,11-12H,2-3,6-8H2,1H3. The maximum Gasteiger partial charge on any atom is 0.105 e. The minimum Gasteiger partial charge on any atom is -0.469 e.